The number of quaternary nitrogens is 1. The Hall–Kier alpha value is -2.60. The molecule has 4 aliphatic heterocycles. The van der Waals surface area contributed by atoms with E-state index in [1.165, 1.54) is 0 Å². The Morgan fingerprint density at radius 1 is 1.04 bits per heavy atom. The number of benzene rings is 2. The molecule has 0 radical (unpaired) electrons. The Kier molecular flexibility index (Phi) is 3.48. The van der Waals surface area contributed by atoms with Crippen LogP contribution >= 0.6 is 0 Å². The molecule has 5 nitrogen and oxygen atoms in total. The van der Waals surface area contributed by atoms with Gasteiger partial charge in [-0.3, -0.25) is 14.5 Å². The largest absolute Gasteiger partial charge is 0.343 e. The van der Waals surface area contributed by atoms with Crippen LogP contribution in [0, 0.1) is 11.8 Å². The molecule has 5 heteroatoms. The number of Topliss-reactive ketones (excluding diaryl/α,β-unsaturated/α-hetero) is 2. The van der Waals surface area contributed by atoms with Crippen molar-refractivity contribution in [2.45, 2.75) is 24.5 Å². The molecule has 7 atom stereocenters. The highest BCUT2D eigenvalue weighted by atomic mass is 16.7. The molecular weight excluding hydrogens is 354 g/mol. The second-order valence-corrected chi connectivity index (χ2v) is 7.99. The molecule has 4 heterocycles. The maximum atomic E-state index is 13.6. The first-order valence-electron chi connectivity index (χ1n) is 9.78. The smallest absolute Gasteiger partial charge is 0.220 e. The third-order valence-electron chi connectivity index (χ3n) is 6.70. The van der Waals surface area contributed by atoms with E-state index in [0.29, 0.717) is 12.2 Å². The fourth-order valence-corrected chi connectivity index (χ4v) is 5.60. The van der Waals surface area contributed by atoms with Crippen LogP contribution in [0.15, 0.2) is 60.8 Å². The quantitative estimate of drug-likeness (QED) is 0.808. The van der Waals surface area contributed by atoms with E-state index in [1.807, 2.05) is 42.5 Å². The van der Waals surface area contributed by atoms with Gasteiger partial charge in [-0.05, 0) is 11.6 Å². The molecule has 0 aliphatic carbocycles. The van der Waals surface area contributed by atoms with Gasteiger partial charge in [-0.25, -0.2) is 0 Å². The summed E-state index contributed by atoms with van der Waals surface area (Å²) in [5, 5.41) is 0. The van der Waals surface area contributed by atoms with Crippen molar-refractivity contribution in [2.75, 3.05) is 6.61 Å². The van der Waals surface area contributed by atoms with Crippen LogP contribution in [0.2, 0.25) is 0 Å². The van der Waals surface area contributed by atoms with E-state index >= 15 is 0 Å². The predicted octanol–water partition coefficient (Wildman–Crippen LogP) is 1.42. The molecule has 6 rings (SSSR count). The molecule has 2 aromatic rings. The van der Waals surface area contributed by atoms with Gasteiger partial charge in [0.05, 0.1) is 30.7 Å². The maximum Gasteiger partial charge on any atom is 0.220 e. The Morgan fingerprint density at radius 2 is 1.82 bits per heavy atom. The van der Waals surface area contributed by atoms with Crippen molar-refractivity contribution in [3.8, 4) is 0 Å². The summed E-state index contributed by atoms with van der Waals surface area (Å²) >= 11 is 0. The molecule has 0 aromatic heterocycles. The van der Waals surface area contributed by atoms with Crippen molar-refractivity contribution < 1.29 is 24.0 Å². The molecule has 140 valence electrons. The minimum absolute atomic E-state index is 0.0188. The number of nitrogens with one attached hydrogen (secondary N) is 1. The highest BCUT2D eigenvalue weighted by molar-refractivity contribution is 6.01. The van der Waals surface area contributed by atoms with Crippen molar-refractivity contribution in [2.24, 2.45) is 11.8 Å². The Bertz CT molecular complexity index is 1000. The lowest BCUT2D eigenvalue weighted by Gasteiger charge is -2.30. The van der Waals surface area contributed by atoms with Crippen molar-refractivity contribution in [3.05, 3.63) is 77.5 Å². The molecular formula is C23H20NO4+. The zero-order valence-electron chi connectivity index (χ0n) is 15.2. The second kappa shape index (κ2) is 5.95. The molecule has 0 amide bonds. The topological polar surface area (TPSA) is 57.0 Å². The standard InChI is InChI=1S/C23H19NO4/c25-21(14-7-2-1-3-8-14)20-17-16-12-27-23(28-16)22(26)18(17)19-15-9-5-4-6-13(15)10-11-24(19)20/h1-11,16-20,23H,12H2/p+1/t16-,17-,18-,19+,20-,23-/m1/s1. The summed E-state index contributed by atoms with van der Waals surface area (Å²) in [5.41, 5.74) is 2.93. The second-order valence-electron chi connectivity index (χ2n) is 7.99. The Balaban J connectivity index is 1.52. The van der Waals surface area contributed by atoms with Crippen molar-refractivity contribution in [1.29, 1.82) is 0 Å². The van der Waals surface area contributed by atoms with E-state index in [4.69, 9.17) is 9.47 Å². The van der Waals surface area contributed by atoms with Crippen LogP contribution in [0.5, 0.6) is 0 Å². The molecule has 2 aromatic carbocycles. The number of rotatable bonds is 2. The molecule has 2 bridgehead atoms. The molecule has 0 spiro atoms. The first-order valence-corrected chi connectivity index (χ1v) is 9.78. The SMILES string of the molecule is O=C1[C@@H]2OC[C@@H](O2)[C@@H]2[C@@H]1[C@@H]1c3ccccc3C=C[NH+]1[C@H]2C(=O)c1ccccc1. The molecule has 28 heavy (non-hydrogen) atoms. The van der Waals surface area contributed by atoms with Gasteiger partial charge in [0.15, 0.2) is 11.8 Å². The molecule has 1 N–H and O–H groups in total. The number of ether oxygens (including phenoxy) is 2. The average molecular weight is 374 g/mol. The van der Waals surface area contributed by atoms with E-state index in [-0.39, 0.29) is 41.6 Å². The third-order valence-corrected chi connectivity index (χ3v) is 6.70. The lowest BCUT2D eigenvalue weighted by molar-refractivity contribution is -0.884. The van der Waals surface area contributed by atoms with Crippen molar-refractivity contribution in [3.63, 3.8) is 0 Å². The zero-order valence-corrected chi connectivity index (χ0v) is 15.2. The summed E-state index contributed by atoms with van der Waals surface area (Å²) in [4.78, 5) is 27.9. The summed E-state index contributed by atoms with van der Waals surface area (Å²) in [6.45, 7) is 0.376. The van der Waals surface area contributed by atoms with Crippen LogP contribution in [0.4, 0.5) is 0 Å². The van der Waals surface area contributed by atoms with Crippen LogP contribution in [0.3, 0.4) is 0 Å². The first kappa shape index (κ1) is 16.4. The number of ketones is 2. The number of carbonyl (C=O) groups is 2. The lowest BCUT2D eigenvalue weighted by Crippen LogP contribution is -3.11. The summed E-state index contributed by atoms with van der Waals surface area (Å²) in [7, 11) is 0. The van der Waals surface area contributed by atoms with Gasteiger partial charge < -0.3 is 9.47 Å². The summed E-state index contributed by atoms with van der Waals surface area (Å²) < 4.78 is 11.5. The summed E-state index contributed by atoms with van der Waals surface area (Å²) in [6.07, 6.45) is 3.14. The number of hydrogen-bond donors (Lipinski definition) is 1. The van der Waals surface area contributed by atoms with Crippen LogP contribution < -0.4 is 4.90 Å². The number of fused-ring (bicyclic) bond motifs is 8. The highest BCUT2D eigenvalue weighted by Gasteiger charge is 2.67. The minimum Gasteiger partial charge on any atom is -0.343 e. The fourth-order valence-electron chi connectivity index (χ4n) is 5.60. The van der Waals surface area contributed by atoms with Crippen LogP contribution in [-0.4, -0.2) is 36.6 Å². The van der Waals surface area contributed by atoms with Crippen LogP contribution in [0.1, 0.15) is 27.5 Å². The molecule has 0 saturated carbocycles. The molecule has 3 fully saturated rings. The number of hydrogen-bond acceptors (Lipinski definition) is 4. The third kappa shape index (κ3) is 2.12. The van der Waals surface area contributed by atoms with E-state index in [1.54, 1.807) is 0 Å². The van der Waals surface area contributed by atoms with Crippen LogP contribution in [0.25, 0.3) is 6.08 Å². The lowest BCUT2D eigenvalue weighted by atomic mass is 9.75. The Labute approximate surface area is 162 Å². The van der Waals surface area contributed by atoms with Crippen molar-refractivity contribution >= 4 is 17.6 Å². The van der Waals surface area contributed by atoms with E-state index < -0.39 is 6.29 Å². The van der Waals surface area contributed by atoms with E-state index in [0.717, 1.165) is 16.0 Å². The Morgan fingerprint density at radius 3 is 2.68 bits per heavy atom. The first-order chi connectivity index (χ1) is 13.7. The van der Waals surface area contributed by atoms with Gasteiger partial charge in [0, 0.05) is 11.1 Å². The molecule has 4 aliphatic rings. The molecule has 3 saturated heterocycles. The predicted molar refractivity (Wildman–Crippen MR) is 100 cm³/mol. The fraction of sp³-hybridized carbons (Fsp3) is 0.304. The summed E-state index contributed by atoms with van der Waals surface area (Å²) in [6, 6.07) is 17.1. The van der Waals surface area contributed by atoms with Gasteiger partial charge in [0.2, 0.25) is 12.1 Å². The van der Waals surface area contributed by atoms with E-state index in [2.05, 4.69) is 24.4 Å². The van der Waals surface area contributed by atoms with Gasteiger partial charge >= 0.3 is 0 Å². The van der Waals surface area contributed by atoms with Gasteiger partial charge in [-0.1, -0.05) is 54.6 Å². The monoisotopic (exact) mass is 374 g/mol. The molecule has 1 unspecified atom stereocenters. The number of carbonyl (C=O) groups excluding carboxylic acids is 2. The maximum absolute atomic E-state index is 13.6. The van der Waals surface area contributed by atoms with Crippen LogP contribution in [-0.2, 0) is 14.3 Å². The highest BCUT2D eigenvalue weighted by Crippen LogP contribution is 2.46. The van der Waals surface area contributed by atoms with Gasteiger partial charge in [-0.15, -0.1) is 0 Å². The van der Waals surface area contributed by atoms with Gasteiger partial charge in [-0.2, -0.15) is 0 Å². The van der Waals surface area contributed by atoms with Gasteiger partial charge in [0.25, 0.3) is 0 Å². The normalized spacial score (nSPS) is 37.3. The van der Waals surface area contributed by atoms with Gasteiger partial charge in [0.1, 0.15) is 6.04 Å². The summed E-state index contributed by atoms with van der Waals surface area (Å²) in [5.74, 6) is -0.409. The van der Waals surface area contributed by atoms with E-state index in [9.17, 15) is 9.59 Å². The minimum atomic E-state index is -0.781. The zero-order chi connectivity index (χ0) is 18.8. The average Bonchev–Trinajstić information content (AvgIpc) is 3.33. The van der Waals surface area contributed by atoms with Crippen molar-refractivity contribution in [1.82, 2.24) is 0 Å².